The van der Waals surface area contributed by atoms with Crippen LogP contribution < -0.4 is 5.32 Å². The molecule has 0 radical (unpaired) electrons. The number of aromatic amines is 1. The van der Waals surface area contributed by atoms with Gasteiger partial charge in [-0.3, -0.25) is 0 Å². The minimum Gasteiger partial charge on any atom is -0.379 e. The fraction of sp³-hybridized carbons (Fsp3) is 0.182. The monoisotopic (exact) mass is 313 g/mol. The number of H-pyrrole nitrogens is 1. The van der Waals surface area contributed by atoms with E-state index in [0.717, 1.165) is 12.2 Å². The van der Waals surface area contributed by atoms with Gasteiger partial charge in [0.15, 0.2) is 0 Å². The van der Waals surface area contributed by atoms with Crippen molar-refractivity contribution >= 4 is 28.3 Å². The standard InChI is InChI=1S/C11H12IN3/c1-8-10(12)3-2-4-11(8)14-6-9-5-13-7-15-9/h2-5,7,14H,6H2,1H3,(H,13,15). The predicted octanol–water partition coefficient (Wildman–Crippen LogP) is 2.93. The summed E-state index contributed by atoms with van der Waals surface area (Å²) in [4.78, 5) is 7.04. The SMILES string of the molecule is Cc1c(I)cccc1NCc1cnc[nH]1. The molecule has 0 fully saturated rings. The van der Waals surface area contributed by atoms with Crippen molar-refractivity contribution in [1.29, 1.82) is 0 Å². The maximum atomic E-state index is 3.98. The van der Waals surface area contributed by atoms with Gasteiger partial charge in [-0.15, -0.1) is 0 Å². The van der Waals surface area contributed by atoms with Gasteiger partial charge < -0.3 is 10.3 Å². The molecule has 0 spiro atoms. The van der Waals surface area contributed by atoms with E-state index in [1.165, 1.54) is 14.8 Å². The first-order valence-corrected chi connectivity index (χ1v) is 5.81. The molecule has 0 aliphatic carbocycles. The van der Waals surface area contributed by atoms with Gasteiger partial charge in [-0.2, -0.15) is 0 Å². The zero-order valence-electron chi connectivity index (χ0n) is 8.42. The second kappa shape index (κ2) is 4.65. The van der Waals surface area contributed by atoms with Gasteiger partial charge in [0.2, 0.25) is 0 Å². The van der Waals surface area contributed by atoms with Crippen molar-refractivity contribution in [2.45, 2.75) is 13.5 Å². The van der Waals surface area contributed by atoms with Gasteiger partial charge in [0.05, 0.1) is 18.6 Å². The Morgan fingerprint density at radius 3 is 3.07 bits per heavy atom. The number of halogens is 1. The minimum absolute atomic E-state index is 0.779. The van der Waals surface area contributed by atoms with E-state index in [4.69, 9.17) is 0 Å². The normalized spacial score (nSPS) is 10.3. The van der Waals surface area contributed by atoms with Crippen LogP contribution in [0.2, 0.25) is 0 Å². The first kappa shape index (κ1) is 10.5. The number of anilines is 1. The Labute approximate surface area is 102 Å². The minimum atomic E-state index is 0.779. The number of benzene rings is 1. The highest BCUT2D eigenvalue weighted by atomic mass is 127. The van der Waals surface area contributed by atoms with Crippen LogP contribution in [0, 0.1) is 10.5 Å². The first-order chi connectivity index (χ1) is 7.27. The highest BCUT2D eigenvalue weighted by Crippen LogP contribution is 2.20. The number of rotatable bonds is 3. The predicted molar refractivity (Wildman–Crippen MR) is 69.8 cm³/mol. The largest absolute Gasteiger partial charge is 0.379 e. The summed E-state index contributed by atoms with van der Waals surface area (Å²) in [5.41, 5.74) is 3.56. The van der Waals surface area contributed by atoms with Gasteiger partial charge in [0.25, 0.3) is 0 Å². The fourth-order valence-electron chi connectivity index (χ4n) is 1.37. The Hall–Kier alpha value is -1.04. The van der Waals surface area contributed by atoms with E-state index in [1.54, 1.807) is 6.33 Å². The third-order valence-corrected chi connectivity index (χ3v) is 3.46. The summed E-state index contributed by atoms with van der Waals surface area (Å²) in [5.74, 6) is 0. The number of imidazole rings is 1. The Balaban J connectivity index is 2.08. The lowest BCUT2D eigenvalue weighted by Gasteiger charge is -2.09. The summed E-state index contributed by atoms with van der Waals surface area (Å²) < 4.78 is 1.28. The lowest BCUT2D eigenvalue weighted by Crippen LogP contribution is -2.01. The van der Waals surface area contributed by atoms with Crippen LogP contribution in [-0.4, -0.2) is 9.97 Å². The van der Waals surface area contributed by atoms with Crippen LogP contribution in [0.1, 0.15) is 11.3 Å². The molecule has 78 valence electrons. The van der Waals surface area contributed by atoms with Crippen molar-refractivity contribution in [1.82, 2.24) is 9.97 Å². The smallest absolute Gasteiger partial charge is 0.0922 e. The van der Waals surface area contributed by atoms with Crippen LogP contribution in [-0.2, 0) is 6.54 Å². The van der Waals surface area contributed by atoms with Gasteiger partial charge >= 0.3 is 0 Å². The summed E-state index contributed by atoms with van der Waals surface area (Å²) in [6.07, 6.45) is 3.52. The zero-order chi connectivity index (χ0) is 10.7. The van der Waals surface area contributed by atoms with Gasteiger partial charge in [0.1, 0.15) is 0 Å². The summed E-state index contributed by atoms with van der Waals surface area (Å²) in [5, 5.41) is 3.38. The number of hydrogen-bond donors (Lipinski definition) is 2. The lowest BCUT2D eigenvalue weighted by molar-refractivity contribution is 1.07. The molecule has 0 aliphatic rings. The highest BCUT2D eigenvalue weighted by molar-refractivity contribution is 14.1. The number of nitrogens with one attached hydrogen (secondary N) is 2. The van der Waals surface area contributed by atoms with Crippen molar-refractivity contribution < 1.29 is 0 Å². The molecule has 3 nitrogen and oxygen atoms in total. The van der Waals surface area contributed by atoms with Gasteiger partial charge in [-0.05, 0) is 47.2 Å². The van der Waals surface area contributed by atoms with E-state index in [1.807, 2.05) is 6.20 Å². The van der Waals surface area contributed by atoms with Crippen molar-refractivity contribution in [2.75, 3.05) is 5.32 Å². The number of aromatic nitrogens is 2. The average molecular weight is 313 g/mol. The van der Waals surface area contributed by atoms with E-state index < -0.39 is 0 Å². The molecular formula is C11H12IN3. The molecule has 0 atom stereocenters. The lowest BCUT2D eigenvalue weighted by atomic mass is 10.2. The summed E-state index contributed by atoms with van der Waals surface area (Å²) >= 11 is 2.34. The van der Waals surface area contributed by atoms with Crippen LogP contribution in [0.15, 0.2) is 30.7 Å². The summed E-state index contributed by atoms with van der Waals surface area (Å²) in [6, 6.07) is 6.26. The second-order valence-electron chi connectivity index (χ2n) is 3.34. The van der Waals surface area contributed by atoms with Crippen molar-refractivity contribution in [3.63, 3.8) is 0 Å². The first-order valence-electron chi connectivity index (χ1n) is 4.73. The van der Waals surface area contributed by atoms with Gasteiger partial charge in [0, 0.05) is 15.5 Å². The average Bonchev–Trinajstić information content (AvgIpc) is 2.73. The maximum Gasteiger partial charge on any atom is 0.0922 e. The molecule has 0 unspecified atom stereocenters. The van der Waals surface area contributed by atoms with E-state index in [2.05, 4.69) is 63.0 Å². The zero-order valence-corrected chi connectivity index (χ0v) is 10.6. The molecule has 0 saturated carbocycles. The third kappa shape index (κ3) is 2.50. The Kier molecular flexibility index (Phi) is 3.25. The number of nitrogens with zero attached hydrogens (tertiary/aromatic N) is 1. The van der Waals surface area contributed by atoms with Crippen LogP contribution in [0.3, 0.4) is 0 Å². The van der Waals surface area contributed by atoms with Crippen LogP contribution in [0.5, 0.6) is 0 Å². The van der Waals surface area contributed by atoms with E-state index >= 15 is 0 Å². The van der Waals surface area contributed by atoms with Crippen LogP contribution in [0.4, 0.5) is 5.69 Å². The van der Waals surface area contributed by atoms with Crippen LogP contribution >= 0.6 is 22.6 Å². The Bertz CT molecular complexity index is 437. The topological polar surface area (TPSA) is 40.7 Å². The van der Waals surface area contributed by atoms with Gasteiger partial charge in [-0.1, -0.05) is 6.07 Å². The number of hydrogen-bond acceptors (Lipinski definition) is 2. The molecule has 0 amide bonds. The molecule has 4 heteroatoms. The molecule has 0 bridgehead atoms. The fourth-order valence-corrected chi connectivity index (χ4v) is 1.87. The molecular weight excluding hydrogens is 301 g/mol. The van der Waals surface area contributed by atoms with Crippen molar-refractivity contribution in [2.24, 2.45) is 0 Å². The van der Waals surface area contributed by atoms with Crippen molar-refractivity contribution in [3.8, 4) is 0 Å². The van der Waals surface area contributed by atoms with Crippen LogP contribution in [0.25, 0.3) is 0 Å². The van der Waals surface area contributed by atoms with E-state index in [-0.39, 0.29) is 0 Å². The molecule has 1 aromatic carbocycles. The molecule has 1 heterocycles. The summed E-state index contributed by atoms with van der Waals surface area (Å²) in [7, 11) is 0. The molecule has 15 heavy (non-hydrogen) atoms. The van der Waals surface area contributed by atoms with Crippen molar-refractivity contribution in [3.05, 3.63) is 45.6 Å². The van der Waals surface area contributed by atoms with E-state index in [0.29, 0.717) is 0 Å². The molecule has 2 rings (SSSR count). The van der Waals surface area contributed by atoms with E-state index in [9.17, 15) is 0 Å². The second-order valence-corrected chi connectivity index (χ2v) is 4.50. The Morgan fingerprint density at radius 1 is 1.47 bits per heavy atom. The van der Waals surface area contributed by atoms with Gasteiger partial charge in [-0.25, -0.2) is 4.98 Å². The molecule has 0 aliphatic heterocycles. The molecule has 2 aromatic rings. The molecule has 0 saturated heterocycles. The third-order valence-electron chi connectivity index (χ3n) is 2.29. The molecule has 1 aromatic heterocycles. The summed E-state index contributed by atoms with van der Waals surface area (Å²) in [6.45, 7) is 2.90. The highest BCUT2D eigenvalue weighted by Gasteiger charge is 2.01. The Morgan fingerprint density at radius 2 is 2.33 bits per heavy atom. The molecule has 2 N–H and O–H groups in total. The maximum absolute atomic E-state index is 3.98. The quantitative estimate of drug-likeness (QED) is 0.856.